The highest BCUT2D eigenvalue weighted by atomic mass is 19.1. The number of anilines is 1. The molecule has 0 aliphatic carbocycles. The second-order valence-electron chi connectivity index (χ2n) is 4.49. The molecular weight excluding hydrogens is 233 g/mol. The summed E-state index contributed by atoms with van der Waals surface area (Å²) in [6, 6.07) is 6.46. The Kier molecular flexibility index (Phi) is 2.71. The molecule has 0 bridgehead atoms. The van der Waals surface area contributed by atoms with E-state index in [4.69, 9.17) is 5.73 Å². The average molecular weight is 247 g/mol. The minimum absolute atomic E-state index is 0.182. The zero-order valence-electron chi connectivity index (χ0n) is 9.81. The molecule has 3 rings (SSSR count). The summed E-state index contributed by atoms with van der Waals surface area (Å²) in [4.78, 5) is 6.41. The Morgan fingerprint density at radius 3 is 3.06 bits per heavy atom. The van der Waals surface area contributed by atoms with Gasteiger partial charge in [-0.2, -0.15) is 4.98 Å². The maximum absolute atomic E-state index is 13.1. The van der Waals surface area contributed by atoms with E-state index in [-0.39, 0.29) is 11.9 Å². The second kappa shape index (κ2) is 4.38. The summed E-state index contributed by atoms with van der Waals surface area (Å²) in [6.07, 6.45) is 0.948. The molecule has 0 amide bonds. The first-order chi connectivity index (χ1) is 8.72. The van der Waals surface area contributed by atoms with Crippen LogP contribution in [-0.4, -0.2) is 34.3 Å². The van der Waals surface area contributed by atoms with Crippen molar-refractivity contribution in [2.75, 3.05) is 18.0 Å². The highest BCUT2D eigenvalue weighted by Gasteiger charge is 2.22. The lowest BCUT2D eigenvalue weighted by Gasteiger charge is -2.11. The zero-order valence-corrected chi connectivity index (χ0v) is 9.81. The van der Waals surface area contributed by atoms with Crippen molar-refractivity contribution >= 4 is 5.95 Å². The molecule has 0 spiro atoms. The largest absolute Gasteiger partial charge is 0.338 e. The predicted octanol–water partition coefficient (Wildman–Crippen LogP) is 1.15. The summed E-state index contributed by atoms with van der Waals surface area (Å²) >= 11 is 0. The van der Waals surface area contributed by atoms with Gasteiger partial charge in [0.05, 0.1) is 0 Å². The third-order valence-electron chi connectivity index (χ3n) is 3.08. The second-order valence-corrected chi connectivity index (χ2v) is 4.49. The maximum atomic E-state index is 13.1. The molecule has 1 aliphatic rings. The van der Waals surface area contributed by atoms with Gasteiger partial charge in [0.1, 0.15) is 5.82 Å². The molecule has 6 heteroatoms. The third kappa shape index (κ3) is 2.06. The number of H-pyrrole nitrogens is 1. The van der Waals surface area contributed by atoms with E-state index in [1.807, 2.05) is 4.90 Å². The van der Waals surface area contributed by atoms with Crippen molar-refractivity contribution in [3.8, 4) is 11.4 Å². The molecule has 94 valence electrons. The number of halogens is 1. The first-order valence-electron chi connectivity index (χ1n) is 5.91. The Morgan fingerprint density at radius 1 is 1.44 bits per heavy atom. The fourth-order valence-corrected chi connectivity index (χ4v) is 2.13. The number of hydrogen-bond donors (Lipinski definition) is 2. The predicted molar refractivity (Wildman–Crippen MR) is 66.6 cm³/mol. The van der Waals surface area contributed by atoms with E-state index < -0.39 is 0 Å². The lowest BCUT2D eigenvalue weighted by molar-refractivity contribution is 0.628. The van der Waals surface area contributed by atoms with E-state index >= 15 is 0 Å². The van der Waals surface area contributed by atoms with Gasteiger partial charge in [0.15, 0.2) is 5.82 Å². The molecule has 3 N–H and O–H groups in total. The van der Waals surface area contributed by atoms with Gasteiger partial charge in [-0.25, -0.2) is 4.39 Å². The summed E-state index contributed by atoms with van der Waals surface area (Å²) in [5.74, 6) is 0.917. The van der Waals surface area contributed by atoms with E-state index in [0.717, 1.165) is 19.5 Å². The SMILES string of the molecule is NC1CCN(c2n[nH]c(-c3cccc(F)c3)n2)C1. The monoisotopic (exact) mass is 247 g/mol. The van der Waals surface area contributed by atoms with Gasteiger partial charge in [0.25, 0.3) is 0 Å². The van der Waals surface area contributed by atoms with Crippen LogP contribution in [0.25, 0.3) is 11.4 Å². The Labute approximate surface area is 104 Å². The molecule has 18 heavy (non-hydrogen) atoms. The molecule has 0 radical (unpaired) electrons. The Hall–Kier alpha value is -1.95. The van der Waals surface area contributed by atoms with Crippen LogP contribution in [0.2, 0.25) is 0 Å². The Balaban J connectivity index is 1.85. The number of nitrogens with two attached hydrogens (primary N) is 1. The van der Waals surface area contributed by atoms with E-state index in [9.17, 15) is 4.39 Å². The fourth-order valence-electron chi connectivity index (χ4n) is 2.13. The number of hydrogen-bond acceptors (Lipinski definition) is 4. The van der Waals surface area contributed by atoms with Crippen LogP contribution >= 0.6 is 0 Å². The minimum Gasteiger partial charge on any atom is -0.338 e. The summed E-state index contributed by atoms with van der Waals surface area (Å²) in [6.45, 7) is 1.63. The standard InChI is InChI=1S/C12H14FN5/c13-9-3-1-2-8(6-9)11-15-12(17-16-11)18-5-4-10(14)7-18/h1-3,6,10H,4-5,7,14H2,(H,15,16,17). The van der Waals surface area contributed by atoms with Crippen molar-refractivity contribution in [2.45, 2.75) is 12.5 Å². The van der Waals surface area contributed by atoms with Crippen LogP contribution < -0.4 is 10.6 Å². The normalized spacial score (nSPS) is 19.4. The first kappa shape index (κ1) is 11.2. The van der Waals surface area contributed by atoms with Crippen LogP contribution in [-0.2, 0) is 0 Å². The van der Waals surface area contributed by atoms with Crippen LogP contribution in [0.3, 0.4) is 0 Å². The van der Waals surface area contributed by atoms with E-state index in [1.54, 1.807) is 12.1 Å². The molecule has 1 aromatic carbocycles. The summed E-state index contributed by atoms with van der Waals surface area (Å²) in [5.41, 5.74) is 6.54. The molecule has 1 fully saturated rings. The quantitative estimate of drug-likeness (QED) is 0.835. The van der Waals surface area contributed by atoms with Gasteiger partial charge in [-0.1, -0.05) is 12.1 Å². The number of rotatable bonds is 2. The van der Waals surface area contributed by atoms with Crippen LogP contribution in [0.1, 0.15) is 6.42 Å². The van der Waals surface area contributed by atoms with Gasteiger partial charge < -0.3 is 10.6 Å². The molecule has 2 heterocycles. The van der Waals surface area contributed by atoms with E-state index in [0.29, 0.717) is 17.3 Å². The smallest absolute Gasteiger partial charge is 0.245 e. The molecule has 0 saturated carbocycles. The third-order valence-corrected chi connectivity index (χ3v) is 3.08. The topological polar surface area (TPSA) is 70.8 Å². The number of benzene rings is 1. The summed E-state index contributed by atoms with van der Waals surface area (Å²) in [7, 11) is 0. The summed E-state index contributed by atoms with van der Waals surface area (Å²) in [5, 5.41) is 6.98. The molecule has 5 nitrogen and oxygen atoms in total. The van der Waals surface area contributed by atoms with Gasteiger partial charge in [0, 0.05) is 24.7 Å². The Bertz CT molecular complexity index is 553. The average Bonchev–Trinajstić information content (AvgIpc) is 2.97. The number of aromatic nitrogens is 3. The maximum Gasteiger partial charge on any atom is 0.245 e. The number of nitrogens with zero attached hydrogens (tertiary/aromatic N) is 3. The highest BCUT2D eigenvalue weighted by molar-refractivity contribution is 5.56. The fraction of sp³-hybridized carbons (Fsp3) is 0.333. The molecule has 1 aromatic heterocycles. The van der Waals surface area contributed by atoms with Crippen molar-refractivity contribution in [3.05, 3.63) is 30.1 Å². The molecule has 1 unspecified atom stereocenters. The lowest BCUT2D eigenvalue weighted by atomic mass is 10.2. The van der Waals surface area contributed by atoms with Crippen LogP contribution in [0, 0.1) is 5.82 Å². The molecule has 1 aliphatic heterocycles. The first-order valence-corrected chi connectivity index (χ1v) is 5.91. The van der Waals surface area contributed by atoms with Crippen molar-refractivity contribution in [1.29, 1.82) is 0 Å². The van der Waals surface area contributed by atoms with Gasteiger partial charge in [-0.05, 0) is 18.6 Å². The number of aromatic amines is 1. The van der Waals surface area contributed by atoms with Gasteiger partial charge in [0.2, 0.25) is 5.95 Å². The van der Waals surface area contributed by atoms with Crippen molar-refractivity contribution < 1.29 is 4.39 Å². The molecule has 1 atom stereocenters. The lowest BCUT2D eigenvalue weighted by Crippen LogP contribution is -2.26. The van der Waals surface area contributed by atoms with Crippen molar-refractivity contribution in [3.63, 3.8) is 0 Å². The highest BCUT2D eigenvalue weighted by Crippen LogP contribution is 2.20. The van der Waals surface area contributed by atoms with E-state index in [2.05, 4.69) is 15.2 Å². The van der Waals surface area contributed by atoms with Gasteiger partial charge >= 0.3 is 0 Å². The zero-order chi connectivity index (χ0) is 12.5. The summed E-state index contributed by atoms with van der Waals surface area (Å²) < 4.78 is 13.1. The molecule has 2 aromatic rings. The number of nitrogens with one attached hydrogen (secondary N) is 1. The van der Waals surface area contributed by atoms with Crippen molar-refractivity contribution in [1.82, 2.24) is 15.2 Å². The van der Waals surface area contributed by atoms with E-state index in [1.165, 1.54) is 12.1 Å². The molecular formula is C12H14FN5. The molecule has 1 saturated heterocycles. The van der Waals surface area contributed by atoms with Crippen LogP contribution in [0.15, 0.2) is 24.3 Å². The van der Waals surface area contributed by atoms with Crippen LogP contribution in [0.4, 0.5) is 10.3 Å². The van der Waals surface area contributed by atoms with Crippen LogP contribution in [0.5, 0.6) is 0 Å². The Morgan fingerprint density at radius 2 is 2.33 bits per heavy atom. The van der Waals surface area contributed by atoms with Gasteiger partial charge in [-0.15, -0.1) is 5.10 Å². The minimum atomic E-state index is -0.284. The van der Waals surface area contributed by atoms with Gasteiger partial charge in [-0.3, -0.25) is 5.10 Å². The van der Waals surface area contributed by atoms with Crippen molar-refractivity contribution in [2.24, 2.45) is 5.73 Å².